The number of non-ortho nitro benzene ring substituents is 1. The summed E-state index contributed by atoms with van der Waals surface area (Å²) in [6.45, 7) is 1.66. The zero-order valence-corrected chi connectivity index (χ0v) is 18.5. The standard InChI is InChI=1S/C25H19NO8/c1-14-23(15-7-10-20(31-2)22(12-15)32-3)24(27)19-9-8-18(13-21(19)33-14)34-25(28)16-5-4-6-17(11-16)26(29)30/h4-13H,1-3H3. The van der Waals surface area contributed by atoms with Gasteiger partial charge in [-0.05, 0) is 42.8 Å². The molecule has 0 aliphatic heterocycles. The number of methoxy groups -OCH3 is 2. The maximum Gasteiger partial charge on any atom is 0.343 e. The fourth-order valence-electron chi connectivity index (χ4n) is 3.59. The molecule has 0 bridgehead atoms. The first-order chi connectivity index (χ1) is 16.3. The summed E-state index contributed by atoms with van der Waals surface area (Å²) in [5.41, 5.74) is 0.744. The number of carbonyl (C=O) groups is 1. The number of benzene rings is 3. The van der Waals surface area contributed by atoms with Crippen LogP contribution in [-0.4, -0.2) is 25.1 Å². The van der Waals surface area contributed by atoms with Crippen molar-refractivity contribution in [1.29, 1.82) is 0 Å². The molecule has 0 amide bonds. The molecule has 0 saturated carbocycles. The number of nitro groups is 1. The Bertz CT molecular complexity index is 1490. The molecule has 34 heavy (non-hydrogen) atoms. The van der Waals surface area contributed by atoms with Gasteiger partial charge in [0, 0.05) is 18.2 Å². The van der Waals surface area contributed by atoms with Crippen molar-refractivity contribution in [2.24, 2.45) is 0 Å². The largest absolute Gasteiger partial charge is 0.493 e. The minimum Gasteiger partial charge on any atom is -0.493 e. The van der Waals surface area contributed by atoms with Gasteiger partial charge >= 0.3 is 5.97 Å². The highest BCUT2D eigenvalue weighted by molar-refractivity contribution is 5.92. The van der Waals surface area contributed by atoms with E-state index in [4.69, 9.17) is 18.6 Å². The van der Waals surface area contributed by atoms with Crippen molar-refractivity contribution < 1.29 is 28.3 Å². The Morgan fingerprint density at radius 3 is 2.44 bits per heavy atom. The molecule has 0 radical (unpaired) electrons. The number of aryl methyl sites for hydroxylation is 1. The van der Waals surface area contributed by atoms with E-state index in [1.54, 1.807) is 25.1 Å². The summed E-state index contributed by atoms with van der Waals surface area (Å²) in [5, 5.41) is 11.2. The molecule has 4 rings (SSSR count). The summed E-state index contributed by atoms with van der Waals surface area (Å²) in [5.74, 6) is 0.730. The number of rotatable bonds is 6. The van der Waals surface area contributed by atoms with Gasteiger partial charge in [0.05, 0.1) is 35.7 Å². The molecule has 0 unspecified atom stereocenters. The zero-order valence-electron chi connectivity index (χ0n) is 18.5. The quantitative estimate of drug-likeness (QED) is 0.172. The summed E-state index contributed by atoms with van der Waals surface area (Å²) < 4.78 is 21.8. The Morgan fingerprint density at radius 1 is 0.971 bits per heavy atom. The zero-order chi connectivity index (χ0) is 24.4. The number of ether oxygens (including phenoxy) is 3. The van der Waals surface area contributed by atoms with Crippen molar-refractivity contribution in [3.05, 3.63) is 92.3 Å². The van der Waals surface area contributed by atoms with Crippen LogP contribution in [0.4, 0.5) is 5.69 Å². The molecule has 9 heteroatoms. The molecule has 1 aromatic heterocycles. The van der Waals surface area contributed by atoms with Crippen molar-refractivity contribution >= 4 is 22.6 Å². The van der Waals surface area contributed by atoms with E-state index in [-0.39, 0.29) is 28.0 Å². The van der Waals surface area contributed by atoms with Crippen LogP contribution >= 0.6 is 0 Å². The van der Waals surface area contributed by atoms with Crippen LogP contribution in [0.15, 0.2) is 69.9 Å². The van der Waals surface area contributed by atoms with Gasteiger partial charge in [-0.25, -0.2) is 4.79 Å². The Labute approximate surface area is 193 Å². The average Bonchev–Trinajstić information content (AvgIpc) is 2.83. The first-order valence-electron chi connectivity index (χ1n) is 10.1. The lowest BCUT2D eigenvalue weighted by atomic mass is 10.0. The fourth-order valence-corrected chi connectivity index (χ4v) is 3.59. The average molecular weight is 461 g/mol. The first kappa shape index (κ1) is 22.5. The van der Waals surface area contributed by atoms with E-state index in [2.05, 4.69) is 0 Å². The molecule has 0 saturated heterocycles. The van der Waals surface area contributed by atoms with Crippen LogP contribution in [0.2, 0.25) is 0 Å². The van der Waals surface area contributed by atoms with Gasteiger partial charge in [0.25, 0.3) is 5.69 Å². The number of nitro benzene ring substituents is 1. The molecule has 3 aromatic carbocycles. The molecule has 0 aliphatic rings. The SMILES string of the molecule is COc1ccc(-c2c(C)oc3cc(OC(=O)c4cccc([N+](=O)[O-])c4)ccc3c2=O)cc1OC. The topological polar surface area (TPSA) is 118 Å². The van der Waals surface area contributed by atoms with Crippen LogP contribution in [0.3, 0.4) is 0 Å². The van der Waals surface area contributed by atoms with Crippen molar-refractivity contribution in [2.45, 2.75) is 6.92 Å². The second-order valence-corrected chi connectivity index (χ2v) is 7.29. The fraction of sp³-hybridized carbons (Fsp3) is 0.120. The normalized spacial score (nSPS) is 10.7. The van der Waals surface area contributed by atoms with Crippen LogP contribution < -0.4 is 19.6 Å². The van der Waals surface area contributed by atoms with Crippen LogP contribution in [0.1, 0.15) is 16.1 Å². The highest BCUT2D eigenvalue weighted by atomic mass is 16.6. The molecule has 4 aromatic rings. The minimum atomic E-state index is -0.774. The third-order valence-corrected chi connectivity index (χ3v) is 5.22. The number of nitrogens with zero attached hydrogens (tertiary/aromatic N) is 1. The van der Waals surface area contributed by atoms with Gasteiger partial charge < -0.3 is 18.6 Å². The van der Waals surface area contributed by atoms with Gasteiger partial charge in [-0.3, -0.25) is 14.9 Å². The van der Waals surface area contributed by atoms with E-state index in [0.717, 1.165) is 6.07 Å². The van der Waals surface area contributed by atoms with E-state index in [0.29, 0.717) is 33.8 Å². The van der Waals surface area contributed by atoms with E-state index in [1.165, 1.54) is 50.6 Å². The number of fused-ring (bicyclic) bond motifs is 1. The highest BCUT2D eigenvalue weighted by Crippen LogP contribution is 2.33. The Hall–Kier alpha value is -4.66. The van der Waals surface area contributed by atoms with Gasteiger partial charge in [0.1, 0.15) is 17.1 Å². The Kier molecular flexibility index (Phi) is 6.01. The van der Waals surface area contributed by atoms with Gasteiger partial charge in [0.2, 0.25) is 5.43 Å². The molecule has 1 heterocycles. The number of hydrogen-bond acceptors (Lipinski definition) is 8. The van der Waals surface area contributed by atoms with Gasteiger partial charge in [-0.15, -0.1) is 0 Å². The van der Waals surface area contributed by atoms with E-state index >= 15 is 0 Å². The molecular formula is C25H19NO8. The number of esters is 1. The molecular weight excluding hydrogens is 442 g/mol. The molecule has 9 nitrogen and oxygen atoms in total. The van der Waals surface area contributed by atoms with Crippen molar-refractivity contribution in [1.82, 2.24) is 0 Å². The second-order valence-electron chi connectivity index (χ2n) is 7.29. The van der Waals surface area contributed by atoms with E-state index in [9.17, 15) is 19.7 Å². The maximum absolute atomic E-state index is 13.3. The van der Waals surface area contributed by atoms with Crippen LogP contribution in [-0.2, 0) is 0 Å². The lowest BCUT2D eigenvalue weighted by Crippen LogP contribution is -2.10. The third-order valence-electron chi connectivity index (χ3n) is 5.22. The number of hydrogen-bond donors (Lipinski definition) is 0. The Balaban J connectivity index is 1.70. The first-order valence-corrected chi connectivity index (χ1v) is 10.1. The van der Waals surface area contributed by atoms with Crippen LogP contribution in [0, 0.1) is 17.0 Å². The van der Waals surface area contributed by atoms with Crippen molar-refractivity contribution in [3.63, 3.8) is 0 Å². The summed E-state index contributed by atoms with van der Waals surface area (Å²) >= 11 is 0. The maximum atomic E-state index is 13.3. The molecule has 0 spiro atoms. The summed E-state index contributed by atoms with van der Waals surface area (Å²) in [6, 6.07) is 14.7. The summed E-state index contributed by atoms with van der Waals surface area (Å²) in [7, 11) is 3.03. The molecule has 0 fully saturated rings. The molecule has 0 N–H and O–H groups in total. The van der Waals surface area contributed by atoms with Crippen LogP contribution in [0.25, 0.3) is 22.1 Å². The lowest BCUT2D eigenvalue weighted by Gasteiger charge is -2.12. The lowest BCUT2D eigenvalue weighted by molar-refractivity contribution is -0.384. The predicted molar refractivity (Wildman–Crippen MR) is 124 cm³/mol. The van der Waals surface area contributed by atoms with Gasteiger partial charge in [-0.2, -0.15) is 0 Å². The van der Waals surface area contributed by atoms with Gasteiger partial charge in [-0.1, -0.05) is 12.1 Å². The molecule has 0 aliphatic carbocycles. The van der Waals surface area contributed by atoms with E-state index < -0.39 is 10.9 Å². The Morgan fingerprint density at radius 2 is 1.74 bits per heavy atom. The van der Waals surface area contributed by atoms with Crippen molar-refractivity contribution in [2.75, 3.05) is 14.2 Å². The van der Waals surface area contributed by atoms with Crippen LogP contribution in [0.5, 0.6) is 17.2 Å². The molecule has 172 valence electrons. The number of carbonyl (C=O) groups excluding carboxylic acids is 1. The summed E-state index contributed by atoms with van der Waals surface area (Å²) in [4.78, 5) is 36.1. The smallest absolute Gasteiger partial charge is 0.343 e. The predicted octanol–water partition coefficient (Wildman–Crippen LogP) is 4.91. The highest BCUT2D eigenvalue weighted by Gasteiger charge is 2.18. The third kappa shape index (κ3) is 4.18. The second kappa shape index (κ2) is 9.07. The van der Waals surface area contributed by atoms with E-state index in [1.807, 2.05) is 0 Å². The van der Waals surface area contributed by atoms with Gasteiger partial charge in [0.15, 0.2) is 11.5 Å². The minimum absolute atomic E-state index is 0.0238. The summed E-state index contributed by atoms with van der Waals surface area (Å²) in [6.07, 6.45) is 0. The monoisotopic (exact) mass is 461 g/mol. The molecule has 0 atom stereocenters. The van der Waals surface area contributed by atoms with Crippen molar-refractivity contribution in [3.8, 4) is 28.4 Å².